The number of rotatable bonds is 2. The fraction of sp³-hybridized carbons (Fsp3) is 0.700. The Bertz CT molecular complexity index is 472. The molecule has 6 atom stereocenters. The summed E-state index contributed by atoms with van der Waals surface area (Å²) < 4.78 is 6.45. The van der Waals surface area contributed by atoms with E-state index in [0.29, 0.717) is 36.1 Å². The quantitative estimate of drug-likeness (QED) is 0.774. The van der Waals surface area contributed by atoms with E-state index >= 15 is 0 Å². The van der Waals surface area contributed by atoms with E-state index in [1.165, 1.54) is 44.9 Å². The van der Waals surface area contributed by atoms with Crippen LogP contribution in [0.5, 0.6) is 0 Å². The van der Waals surface area contributed by atoms with Crippen LogP contribution in [0.3, 0.4) is 0 Å². The summed E-state index contributed by atoms with van der Waals surface area (Å²) in [5.41, 5.74) is 1.72. The van der Waals surface area contributed by atoms with Gasteiger partial charge in [0.25, 0.3) is 0 Å². The molecule has 2 fully saturated rings. The maximum Gasteiger partial charge on any atom is 0.0827 e. The first-order valence-corrected chi connectivity index (χ1v) is 9.26. The predicted molar refractivity (Wildman–Crippen MR) is 90.7 cm³/mol. The first-order valence-electron chi connectivity index (χ1n) is 9.26. The van der Waals surface area contributed by atoms with Gasteiger partial charge in [-0.3, -0.25) is 0 Å². The van der Waals surface area contributed by atoms with Gasteiger partial charge < -0.3 is 10.1 Å². The maximum absolute atomic E-state index is 6.45. The zero-order chi connectivity index (χ0) is 14.9. The third-order valence-electron chi connectivity index (χ3n) is 6.05. The highest BCUT2D eigenvalue weighted by atomic mass is 16.5. The normalized spacial score (nSPS) is 44.7. The highest BCUT2D eigenvalue weighted by molar-refractivity contribution is 5.20. The van der Waals surface area contributed by atoms with E-state index in [1.54, 1.807) is 5.57 Å². The summed E-state index contributed by atoms with van der Waals surface area (Å²) in [6.45, 7) is 2.33. The topological polar surface area (TPSA) is 21.3 Å². The Morgan fingerprint density at radius 2 is 2.05 bits per heavy atom. The largest absolute Gasteiger partial charge is 0.369 e. The van der Waals surface area contributed by atoms with Crippen molar-refractivity contribution in [1.29, 1.82) is 0 Å². The number of hydrogen-bond acceptors (Lipinski definition) is 2. The van der Waals surface area contributed by atoms with Crippen molar-refractivity contribution in [2.75, 3.05) is 0 Å². The SMILES string of the molecule is CC1CCC(C2=CCCCC2)C(C2CC3C=CC=CC3O2)N1. The van der Waals surface area contributed by atoms with Gasteiger partial charge in [-0.15, -0.1) is 0 Å². The summed E-state index contributed by atoms with van der Waals surface area (Å²) in [4.78, 5) is 0. The number of allylic oxidation sites excluding steroid dienone is 3. The fourth-order valence-corrected chi connectivity index (χ4v) is 4.87. The smallest absolute Gasteiger partial charge is 0.0827 e. The summed E-state index contributed by atoms with van der Waals surface area (Å²) in [7, 11) is 0. The zero-order valence-electron chi connectivity index (χ0n) is 13.7. The summed E-state index contributed by atoms with van der Waals surface area (Å²) in [6.07, 6.45) is 21.3. The molecule has 2 saturated heterocycles. The molecule has 0 aromatic rings. The lowest BCUT2D eigenvalue weighted by atomic mass is 9.75. The maximum atomic E-state index is 6.45. The van der Waals surface area contributed by atoms with E-state index in [2.05, 4.69) is 42.6 Å². The van der Waals surface area contributed by atoms with Gasteiger partial charge in [-0.1, -0.05) is 36.0 Å². The Kier molecular flexibility index (Phi) is 4.23. The molecule has 6 unspecified atom stereocenters. The molecule has 2 aliphatic carbocycles. The van der Waals surface area contributed by atoms with E-state index in [0.717, 1.165) is 0 Å². The van der Waals surface area contributed by atoms with Gasteiger partial charge in [-0.25, -0.2) is 0 Å². The minimum absolute atomic E-state index is 0.315. The molecular formula is C20H29NO. The standard InChI is InChI=1S/C20H29NO/c1-14-11-12-17(15-7-3-2-4-8-15)20(21-14)19-13-16-9-5-6-10-18(16)22-19/h5-7,9-10,14,16-21H,2-4,8,11-13H2,1H3. The third kappa shape index (κ3) is 2.83. The molecule has 120 valence electrons. The van der Waals surface area contributed by atoms with Crippen LogP contribution >= 0.6 is 0 Å². The number of fused-ring (bicyclic) bond motifs is 1. The summed E-state index contributed by atoms with van der Waals surface area (Å²) in [6, 6.07) is 1.14. The minimum Gasteiger partial charge on any atom is -0.369 e. The number of ether oxygens (including phenoxy) is 1. The van der Waals surface area contributed by atoms with Crippen LogP contribution in [-0.2, 0) is 4.74 Å². The number of hydrogen-bond donors (Lipinski definition) is 1. The molecule has 0 aromatic carbocycles. The molecule has 0 spiro atoms. The van der Waals surface area contributed by atoms with Crippen molar-refractivity contribution in [3.8, 4) is 0 Å². The summed E-state index contributed by atoms with van der Waals surface area (Å²) >= 11 is 0. The lowest BCUT2D eigenvalue weighted by Gasteiger charge is -2.41. The van der Waals surface area contributed by atoms with E-state index in [1.807, 2.05) is 0 Å². The second-order valence-corrected chi connectivity index (χ2v) is 7.61. The van der Waals surface area contributed by atoms with Crippen molar-refractivity contribution < 1.29 is 4.74 Å². The van der Waals surface area contributed by atoms with Crippen molar-refractivity contribution in [2.45, 2.75) is 76.2 Å². The van der Waals surface area contributed by atoms with Gasteiger partial charge in [0.05, 0.1) is 12.2 Å². The Balaban J connectivity index is 1.52. The molecule has 2 heteroatoms. The van der Waals surface area contributed by atoms with Crippen molar-refractivity contribution in [2.24, 2.45) is 11.8 Å². The molecule has 0 saturated carbocycles. The van der Waals surface area contributed by atoms with Gasteiger partial charge in [-0.05, 0) is 57.8 Å². The highest BCUT2D eigenvalue weighted by Gasteiger charge is 2.43. The van der Waals surface area contributed by atoms with Crippen molar-refractivity contribution in [3.05, 3.63) is 36.0 Å². The Hall–Kier alpha value is -0.860. The molecule has 0 bridgehead atoms. The van der Waals surface area contributed by atoms with Crippen LogP contribution in [0.4, 0.5) is 0 Å². The molecule has 4 rings (SSSR count). The van der Waals surface area contributed by atoms with Crippen LogP contribution in [-0.4, -0.2) is 24.3 Å². The molecule has 2 aliphatic heterocycles. The first kappa shape index (κ1) is 14.7. The van der Waals surface area contributed by atoms with E-state index in [9.17, 15) is 0 Å². The molecule has 2 nitrogen and oxygen atoms in total. The number of piperidine rings is 1. The third-order valence-corrected chi connectivity index (χ3v) is 6.05. The van der Waals surface area contributed by atoms with Crippen LogP contribution in [0.2, 0.25) is 0 Å². The predicted octanol–water partition coefficient (Wildman–Crippen LogP) is 4.14. The van der Waals surface area contributed by atoms with E-state index < -0.39 is 0 Å². The number of nitrogens with one attached hydrogen (secondary N) is 1. The van der Waals surface area contributed by atoms with Gasteiger partial charge >= 0.3 is 0 Å². The van der Waals surface area contributed by atoms with Gasteiger partial charge in [0.2, 0.25) is 0 Å². The van der Waals surface area contributed by atoms with Crippen LogP contribution in [0.1, 0.15) is 51.9 Å². The van der Waals surface area contributed by atoms with Crippen LogP contribution in [0, 0.1) is 11.8 Å². The average molecular weight is 299 g/mol. The zero-order valence-corrected chi connectivity index (χ0v) is 13.7. The summed E-state index contributed by atoms with van der Waals surface area (Å²) in [5.74, 6) is 1.30. The Labute approximate surface area is 134 Å². The molecule has 0 aromatic heterocycles. The van der Waals surface area contributed by atoms with E-state index in [4.69, 9.17) is 4.74 Å². The van der Waals surface area contributed by atoms with Gasteiger partial charge in [-0.2, -0.15) is 0 Å². The molecule has 4 aliphatic rings. The molecule has 22 heavy (non-hydrogen) atoms. The molecule has 0 radical (unpaired) electrons. The lowest BCUT2D eigenvalue weighted by molar-refractivity contribution is 0.0171. The molecule has 2 heterocycles. The fourth-order valence-electron chi connectivity index (χ4n) is 4.87. The van der Waals surface area contributed by atoms with Crippen molar-refractivity contribution >= 4 is 0 Å². The van der Waals surface area contributed by atoms with Gasteiger partial charge in [0, 0.05) is 18.0 Å². The highest BCUT2D eigenvalue weighted by Crippen LogP contribution is 2.40. The molecule has 1 N–H and O–H groups in total. The molecule has 0 amide bonds. The monoisotopic (exact) mass is 299 g/mol. The minimum atomic E-state index is 0.315. The average Bonchev–Trinajstić information content (AvgIpc) is 2.99. The molecular weight excluding hydrogens is 270 g/mol. The van der Waals surface area contributed by atoms with Gasteiger partial charge in [0.15, 0.2) is 0 Å². The van der Waals surface area contributed by atoms with Crippen molar-refractivity contribution in [1.82, 2.24) is 5.32 Å². The Morgan fingerprint density at radius 3 is 2.86 bits per heavy atom. The first-order chi connectivity index (χ1) is 10.8. The van der Waals surface area contributed by atoms with Crippen LogP contribution in [0.25, 0.3) is 0 Å². The van der Waals surface area contributed by atoms with Gasteiger partial charge in [0.1, 0.15) is 0 Å². The second-order valence-electron chi connectivity index (χ2n) is 7.61. The summed E-state index contributed by atoms with van der Waals surface area (Å²) in [5, 5.41) is 3.90. The Morgan fingerprint density at radius 1 is 1.14 bits per heavy atom. The van der Waals surface area contributed by atoms with Crippen molar-refractivity contribution in [3.63, 3.8) is 0 Å². The lowest BCUT2D eigenvalue weighted by Crippen LogP contribution is -2.53. The van der Waals surface area contributed by atoms with Crippen LogP contribution < -0.4 is 5.32 Å². The van der Waals surface area contributed by atoms with Crippen LogP contribution in [0.15, 0.2) is 36.0 Å². The second kappa shape index (κ2) is 6.33. The van der Waals surface area contributed by atoms with E-state index in [-0.39, 0.29) is 0 Å².